The molecule has 1 aliphatic rings. The minimum atomic E-state index is -1.01. The number of ether oxygens (including phenoxy) is 6. The minimum Gasteiger partial charge on any atom is -0.497 e. The Balaban J connectivity index is 1.71. The van der Waals surface area contributed by atoms with Crippen LogP contribution < -0.4 is 4.74 Å². The Labute approximate surface area is 207 Å². The van der Waals surface area contributed by atoms with Crippen molar-refractivity contribution >= 4 is 5.78 Å². The summed E-state index contributed by atoms with van der Waals surface area (Å²) in [5, 5.41) is 9.35. The molecule has 3 rings (SSSR count). The molecule has 35 heavy (non-hydrogen) atoms. The van der Waals surface area contributed by atoms with Gasteiger partial charge >= 0.3 is 0 Å². The molecule has 1 unspecified atom stereocenters. The average molecular weight is 489 g/mol. The third-order valence-corrected chi connectivity index (χ3v) is 5.72. The van der Waals surface area contributed by atoms with Crippen molar-refractivity contribution in [1.29, 1.82) is 0 Å². The highest BCUT2D eigenvalue weighted by Gasteiger charge is 2.51. The van der Waals surface area contributed by atoms with Gasteiger partial charge in [0.05, 0.1) is 20.3 Å². The highest BCUT2D eigenvalue weighted by atomic mass is 16.8. The summed E-state index contributed by atoms with van der Waals surface area (Å²) < 4.78 is 34.8. The van der Waals surface area contributed by atoms with E-state index in [2.05, 4.69) is 0 Å². The van der Waals surface area contributed by atoms with Crippen molar-refractivity contribution in [3.8, 4) is 5.75 Å². The highest BCUT2D eigenvalue weighted by molar-refractivity contribution is 5.88. The van der Waals surface area contributed by atoms with E-state index in [0.29, 0.717) is 12.8 Å². The quantitative estimate of drug-likeness (QED) is 0.403. The molecule has 2 aromatic rings. The van der Waals surface area contributed by atoms with Crippen LogP contribution in [0, 0.1) is 0 Å². The number of hydrogen-bond acceptors (Lipinski definition) is 8. The summed E-state index contributed by atoms with van der Waals surface area (Å²) in [7, 11) is 3.12. The summed E-state index contributed by atoms with van der Waals surface area (Å²) in [6.45, 7) is 3.98. The Bertz CT molecular complexity index is 899. The summed E-state index contributed by atoms with van der Waals surface area (Å²) in [4.78, 5) is 13.6. The molecule has 0 bridgehead atoms. The topological polar surface area (TPSA) is 92.7 Å². The Morgan fingerprint density at radius 1 is 0.971 bits per heavy atom. The third kappa shape index (κ3) is 7.83. The standard InChI is InChI=1S/C27H36O8/c1-27(2)34-24(23(29)22(11-8-16-28)32-17-19-9-6-5-7-10-19)25(35-27)26(31-4)33-18-20-12-14-21(30-3)15-13-20/h5-7,9-10,12-15,22,24-26,28H,8,11,16-18H2,1-4H3/t22-,24+,25+,26?/m1/s1. The van der Waals surface area contributed by atoms with Crippen LogP contribution in [0.25, 0.3) is 0 Å². The lowest BCUT2D eigenvalue weighted by Gasteiger charge is -2.27. The van der Waals surface area contributed by atoms with E-state index in [1.165, 1.54) is 7.11 Å². The summed E-state index contributed by atoms with van der Waals surface area (Å²) in [5.41, 5.74) is 1.87. The lowest BCUT2D eigenvalue weighted by atomic mass is 10.0. The van der Waals surface area contributed by atoms with Crippen LogP contribution in [0.5, 0.6) is 5.75 Å². The normalized spacial score (nSPS) is 20.9. The molecule has 192 valence electrons. The minimum absolute atomic E-state index is 0.0406. The lowest BCUT2D eigenvalue weighted by Crippen LogP contribution is -2.46. The maximum atomic E-state index is 13.6. The summed E-state index contributed by atoms with van der Waals surface area (Å²) >= 11 is 0. The van der Waals surface area contributed by atoms with Crippen molar-refractivity contribution in [2.24, 2.45) is 0 Å². The molecule has 8 nitrogen and oxygen atoms in total. The van der Waals surface area contributed by atoms with E-state index in [1.54, 1.807) is 21.0 Å². The summed E-state index contributed by atoms with van der Waals surface area (Å²) in [5.74, 6) is -0.520. The lowest BCUT2D eigenvalue weighted by molar-refractivity contribution is -0.215. The van der Waals surface area contributed by atoms with Gasteiger partial charge in [-0.3, -0.25) is 4.79 Å². The Kier molecular flexibility index (Phi) is 10.2. The Hall–Kier alpha value is -2.33. The first-order chi connectivity index (χ1) is 16.9. The van der Waals surface area contributed by atoms with Gasteiger partial charge in [-0.05, 0) is 49.9 Å². The van der Waals surface area contributed by atoms with Crippen molar-refractivity contribution in [3.63, 3.8) is 0 Å². The number of aliphatic hydroxyl groups excluding tert-OH is 1. The molecule has 0 spiro atoms. The van der Waals surface area contributed by atoms with E-state index in [-0.39, 0.29) is 25.6 Å². The van der Waals surface area contributed by atoms with Crippen molar-refractivity contribution in [2.45, 2.75) is 70.3 Å². The van der Waals surface area contributed by atoms with Crippen molar-refractivity contribution in [2.75, 3.05) is 20.8 Å². The number of carbonyl (C=O) groups excluding carboxylic acids is 1. The van der Waals surface area contributed by atoms with Crippen LogP contribution in [0.2, 0.25) is 0 Å². The molecule has 1 aliphatic heterocycles. The predicted octanol–water partition coefficient (Wildman–Crippen LogP) is 3.63. The van der Waals surface area contributed by atoms with E-state index in [1.807, 2.05) is 54.6 Å². The zero-order valence-corrected chi connectivity index (χ0v) is 20.8. The molecule has 0 radical (unpaired) electrons. The van der Waals surface area contributed by atoms with Gasteiger partial charge < -0.3 is 33.5 Å². The average Bonchev–Trinajstić information content (AvgIpc) is 3.20. The second-order valence-electron chi connectivity index (χ2n) is 8.84. The molecule has 8 heteroatoms. The zero-order chi connectivity index (χ0) is 25.3. The number of ketones is 1. The molecule has 0 amide bonds. The molecule has 4 atom stereocenters. The zero-order valence-electron chi connectivity index (χ0n) is 20.8. The molecule has 1 heterocycles. The van der Waals surface area contributed by atoms with Crippen LogP contribution in [-0.2, 0) is 41.7 Å². The number of hydrogen-bond donors (Lipinski definition) is 1. The molecular weight excluding hydrogens is 452 g/mol. The monoisotopic (exact) mass is 488 g/mol. The van der Waals surface area contributed by atoms with Gasteiger partial charge in [-0.25, -0.2) is 0 Å². The fourth-order valence-corrected chi connectivity index (χ4v) is 3.94. The smallest absolute Gasteiger partial charge is 0.193 e. The van der Waals surface area contributed by atoms with Crippen molar-refractivity contribution in [1.82, 2.24) is 0 Å². The van der Waals surface area contributed by atoms with Gasteiger partial charge in [-0.15, -0.1) is 0 Å². The Morgan fingerprint density at radius 2 is 1.63 bits per heavy atom. The number of aliphatic hydroxyl groups is 1. The van der Waals surface area contributed by atoms with Crippen LogP contribution in [0.3, 0.4) is 0 Å². The van der Waals surface area contributed by atoms with Crippen LogP contribution in [0.4, 0.5) is 0 Å². The Morgan fingerprint density at radius 3 is 2.26 bits per heavy atom. The fourth-order valence-electron chi connectivity index (χ4n) is 3.94. The summed E-state index contributed by atoms with van der Waals surface area (Å²) in [6, 6.07) is 17.1. The number of rotatable bonds is 14. The van der Waals surface area contributed by atoms with E-state index in [4.69, 9.17) is 28.4 Å². The van der Waals surface area contributed by atoms with Crippen LogP contribution in [0.1, 0.15) is 37.8 Å². The fraction of sp³-hybridized carbons (Fsp3) is 0.519. The second-order valence-corrected chi connectivity index (χ2v) is 8.84. The van der Waals surface area contributed by atoms with Gasteiger partial charge in [-0.2, -0.15) is 0 Å². The molecule has 0 saturated carbocycles. The van der Waals surface area contributed by atoms with Crippen molar-refractivity contribution < 1.29 is 38.3 Å². The maximum absolute atomic E-state index is 13.6. The molecule has 1 N–H and O–H groups in total. The molecule has 2 aromatic carbocycles. The SMILES string of the molecule is COc1ccc(COC(OC)[C@H]2OC(C)(C)O[C@H]2C(=O)[C@@H](CCCO)OCc2ccccc2)cc1. The molecule has 0 aliphatic carbocycles. The molecule has 1 fully saturated rings. The first-order valence-electron chi connectivity index (χ1n) is 11.8. The van der Waals surface area contributed by atoms with E-state index in [9.17, 15) is 9.90 Å². The van der Waals surface area contributed by atoms with Gasteiger partial charge in [0, 0.05) is 13.7 Å². The number of carbonyl (C=O) groups is 1. The van der Waals surface area contributed by atoms with Gasteiger partial charge in [0.15, 0.2) is 24.0 Å². The van der Waals surface area contributed by atoms with Gasteiger partial charge in [-0.1, -0.05) is 42.5 Å². The molecule has 0 aromatic heterocycles. The summed E-state index contributed by atoms with van der Waals surface area (Å²) in [6.07, 6.45) is -2.58. The molecule has 1 saturated heterocycles. The van der Waals surface area contributed by atoms with Crippen LogP contribution in [-0.4, -0.2) is 62.1 Å². The number of methoxy groups -OCH3 is 2. The van der Waals surface area contributed by atoms with Crippen molar-refractivity contribution in [3.05, 3.63) is 65.7 Å². The number of Topliss-reactive ketones (excluding diaryl/α,β-unsaturated/α-hetero) is 1. The van der Waals surface area contributed by atoms with E-state index >= 15 is 0 Å². The second kappa shape index (κ2) is 13.1. The van der Waals surface area contributed by atoms with Gasteiger partial charge in [0.1, 0.15) is 18.0 Å². The molecular formula is C27H36O8. The van der Waals surface area contributed by atoms with Gasteiger partial charge in [0.2, 0.25) is 0 Å². The first-order valence-corrected chi connectivity index (χ1v) is 11.8. The highest BCUT2D eigenvalue weighted by Crippen LogP contribution is 2.33. The number of benzene rings is 2. The van der Waals surface area contributed by atoms with Gasteiger partial charge in [0.25, 0.3) is 0 Å². The maximum Gasteiger partial charge on any atom is 0.193 e. The first kappa shape index (κ1) is 27.3. The predicted molar refractivity (Wildman–Crippen MR) is 129 cm³/mol. The van der Waals surface area contributed by atoms with E-state index < -0.39 is 30.4 Å². The third-order valence-electron chi connectivity index (χ3n) is 5.72. The largest absolute Gasteiger partial charge is 0.497 e. The van der Waals surface area contributed by atoms with Crippen LogP contribution in [0.15, 0.2) is 54.6 Å². The van der Waals surface area contributed by atoms with E-state index in [0.717, 1.165) is 16.9 Å². The van der Waals surface area contributed by atoms with Crippen LogP contribution >= 0.6 is 0 Å².